The molecule has 0 spiro atoms. The largest absolute Gasteiger partial charge is 0.508 e. The molecule has 1 aromatic heterocycles. The Labute approximate surface area is 159 Å². The molecule has 7 heteroatoms. The summed E-state index contributed by atoms with van der Waals surface area (Å²) in [7, 11) is 0. The second-order valence-corrected chi connectivity index (χ2v) is 6.69. The number of fused-ring (bicyclic) bond motifs is 1. The highest BCUT2D eigenvalue weighted by atomic mass is 35.5. The van der Waals surface area contributed by atoms with Gasteiger partial charge in [0.05, 0.1) is 10.7 Å². The summed E-state index contributed by atoms with van der Waals surface area (Å²) in [6, 6.07) is 9.37. The number of rotatable bonds is 4. The van der Waals surface area contributed by atoms with Crippen molar-refractivity contribution in [3.05, 3.63) is 68.0 Å². The average Bonchev–Trinajstić information content (AvgIpc) is 2.57. The fraction of sp³-hybridized carbons (Fsp3) is 0.158. The predicted molar refractivity (Wildman–Crippen MR) is 102 cm³/mol. The molecule has 1 amide bonds. The summed E-state index contributed by atoms with van der Waals surface area (Å²) in [5, 5.41) is 13.7. The van der Waals surface area contributed by atoms with E-state index in [0.717, 1.165) is 10.9 Å². The molecule has 0 bridgehead atoms. The van der Waals surface area contributed by atoms with Crippen LogP contribution in [0.15, 0.2) is 45.6 Å². The fourth-order valence-corrected chi connectivity index (χ4v) is 3.17. The molecule has 0 saturated carbocycles. The van der Waals surface area contributed by atoms with E-state index in [9.17, 15) is 14.7 Å². The Morgan fingerprint density at radius 1 is 1.19 bits per heavy atom. The Kier molecular flexibility index (Phi) is 5.20. The van der Waals surface area contributed by atoms with Gasteiger partial charge >= 0.3 is 5.63 Å². The summed E-state index contributed by atoms with van der Waals surface area (Å²) in [6.07, 6.45) is 0.316. The Morgan fingerprint density at radius 3 is 2.69 bits per heavy atom. The van der Waals surface area contributed by atoms with Gasteiger partial charge in [-0.2, -0.15) is 0 Å². The SMILES string of the molecule is Cc1c(CCC(=O)Nc2ccc(Cl)cc2Cl)c(=O)oc2cc(O)ccc12. The molecular formula is C19H15Cl2NO4. The van der Waals surface area contributed by atoms with Gasteiger partial charge in [0, 0.05) is 28.5 Å². The fourth-order valence-electron chi connectivity index (χ4n) is 2.71. The van der Waals surface area contributed by atoms with Gasteiger partial charge < -0.3 is 14.8 Å². The molecule has 0 aliphatic carbocycles. The van der Waals surface area contributed by atoms with E-state index in [-0.39, 0.29) is 24.5 Å². The molecule has 0 aliphatic heterocycles. The molecule has 0 atom stereocenters. The summed E-state index contributed by atoms with van der Waals surface area (Å²) >= 11 is 11.9. The minimum atomic E-state index is -0.516. The first-order valence-corrected chi connectivity index (χ1v) is 8.61. The summed E-state index contributed by atoms with van der Waals surface area (Å²) in [5.41, 5.74) is 1.42. The zero-order chi connectivity index (χ0) is 18.8. The topological polar surface area (TPSA) is 79.5 Å². The Morgan fingerprint density at radius 2 is 1.96 bits per heavy atom. The van der Waals surface area contributed by atoms with E-state index in [4.69, 9.17) is 27.6 Å². The van der Waals surface area contributed by atoms with Gasteiger partial charge in [-0.3, -0.25) is 4.79 Å². The molecule has 3 aromatic rings. The monoisotopic (exact) mass is 391 g/mol. The molecule has 0 unspecified atom stereocenters. The molecule has 0 radical (unpaired) electrons. The number of benzene rings is 2. The van der Waals surface area contributed by atoms with Crippen LogP contribution in [0.1, 0.15) is 17.5 Å². The van der Waals surface area contributed by atoms with E-state index in [1.807, 2.05) is 0 Å². The number of nitrogens with one attached hydrogen (secondary N) is 1. The maximum atomic E-state index is 12.2. The van der Waals surface area contributed by atoms with Crippen molar-refractivity contribution in [3.8, 4) is 5.75 Å². The number of aryl methyl sites for hydroxylation is 1. The third kappa shape index (κ3) is 3.84. The molecular weight excluding hydrogens is 377 g/mol. The summed E-state index contributed by atoms with van der Waals surface area (Å²) in [5.74, 6) is -0.258. The Bertz CT molecular complexity index is 1060. The maximum absolute atomic E-state index is 12.2. The highest BCUT2D eigenvalue weighted by Gasteiger charge is 2.14. The van der Waals surface area contributed by atoms with Crippen LogP contribution in [0, 0.1) is 6.92 Å². The lowest BCUT2D eigenvalue weighted by Crippen LogP contribution is -2.16. The highest BCUT2D eigenvalue weighted by Crippen LogP contribution is 2.26. The normalized spacial score (nSPS) is 10.9. The van der Waals surface area contributed by atoms with Gasteiger partial charge in [0.2, 0.25) is 5.91 Å². The van der Waals surface area contributed by atoms with Crippen LogP contribution >= 0.6 is 23.2 Å². The molecule has 5 nitrogen and oxygen atoms in total. The van der Waals surface area contributed by atoms with Crippen molar-refractivity contribution in [2.45, 2.75) is 19.8 Å². The zero-order valence-corrected chi connectivity index (χ0v) is 15.3. The van der Waals surface area contributed by atoms with Crippen molar-refractivity contribution in [2.24, 2.45) is 0 Å². The predicted octanol–water partition coefficient (Wildman–Crippen LogP) is 4.69. The number of phenols is 1. The van der Waals surface area contributed by atoms with E-state index < -0.39 is 5.63 Å². The molecule has 1 heterocycles. The Hall–Kier alpha value is -2.50. The third-order valence-electron chi connectivity index (χ3n) is 4.08. The number of hydrogen-bond acceptors (Lipinski definition) is 4. The number of phenolic OH excluding ortho intramolecular Hbond substituents is 1. The molecule has 26 heavy (non-hydrogen) atoms. The van der Waals surface area contributed by atoms with E-state index in [0.29, 0.717) is 26.9 Å². The lowest BCUT2D eigenvalue weighted by atomic mass is 10.0. The van der Waals surface area contributed by atoms with Crippen molar-refractivity contribution in [3.63, 3.8) is 0 Å². The maximum Gasteiger partial charge on any atom is 0.339 e. The standard InChI is InChI=1S/C19H15Cl2NO4/c1-10-13-4-3-12(23)9-17(13)26-19(25)14(10)5-7-18(24)22-16-6-2-11(20)8-15(16)21/h2-4,6,8-9,23H,5,7H2,1H3,(H,22,24). The first kappa shape index (κ1) is 18.3. The number of hydrogen-bond donors (Lipinski definition) is 2. The third-order valence-corrected chi connectivity index (χ3v) is 4.63. The van der Waals surface area contributed by atoms with Gasteiger partial charge in [0.25, 0.3) is 0 Å². The number of halogens is 2. The molecule has 2 N–H and O–H groups in total. The number of amides is 1. The van der Waals surface area contributed by atoms with E-state index in [1.54, 1.807) is 25.1 Å². The van der Waals surface area contributed by atoms with Crippen LogP contribution in [0.4, 0.5) is 5.69 Å². The van der Waals surface area contributed by atoms with Crippen LogP contribution in [0.3, 0.4) is 0 Å². The van der Waals surface area contributed by atoms with Crippen molar-refractivity contribution in [2.75, 3.05) is 5.32 Å². The molecule has 0 aliphatic rings. The van der Waals surface area contributed by atoms with Gasteiger partial charge in [-0.1, -0.05) is 23.2 Å². The number of anilines is 1. The van der Waals surface area contributed by atoms with Gasteiger partial charge in [-0.15, -0.1) is 0 Å². The van der Waals surface area contributed by atoms with Crippen LogP contribution in [-0.4, -0.2) is 11.0 Å². The first-order valence-electron chi connectivity index (χ1n) is 7.85. The van der Waals surface area contributed by atoms with E-state index in [2.05, 4.69) is 5.32 Å². The smallest absolute Gasteiger partial charge is 0.339 e. The second kappa shape index (κ2) is 7.40. The number of aromatic hydroxyl groups is 1. The van der Waals surface area contributed by atoms with Crippen LogP contribution in [0.5, 0.6) is 5.75 Å². The number of carbonyl (C=O) groups is 1. The van der Waals surface area contributed by atoms with Crippen LogP contribution < -0.4 is 10.9 Å². The minimum absolute atomic E-state index is 0.0204. The minimum Gasteiger partial charge on any atom is -0.508 e. The quantitative estimate of drug-likeness (QED) is 0.632. The average molecular weight is 392 g/mol. The van der Waals surface area contributed by atoms with Crippen LogP contribution in [0.2, 0.25) is 10.0 Å². The summed E-state index contributed by atoms with van der Waals surface area (Å²) in [6.45, 7) is 1.79. The molecule has 3 rings (SSSR count). The highest BCUT2D eigenvalue weighted by molar-refractivity contribution is 6.36. The lowest BCUT2D eigenvalue weighted by molar-refractivity contribution is -0.116. The second-order valence-electron chi connectivity index (χ2n) is 5.85. The molecule has 0 saturated heterocycles. The van der Waals surface area contributed by atoms with Crippen molar-refractivity contribution in [1.82, 2.24) is 0 Å². The molecule has 2 aromatic carbocycles. The molecule has 134 valence electrons. The zero-order valence-electron chi connectivity index (χ0n) is 13.8. The van der Waals surface area contributed by atoms with E-state index >= 15 is 0 Å². The summed E-state index contributed by atoms with van der Waals surface area (Å²) in [4.78, 5) is 24.4. The number of carbonyl (C=O) groups excluding carboxylic acids is 1. The van der Waals surface area contributed by atoms with Crippen LogP contribution in [0.25, 0.3) is 11.0 Å². The first-order chi connectivity index (χ1) is 12.3. The van der Waals surface area contributed by atoms with E-state index in [1.165, 1.54) is 18.2 Å². The van der Waals surface area contributed by atoms with Crippen molar-refractivity contribution in [1.29, 1.82) is 0 Å². The van der Waals surface area contributed by atoms with Gasteiger partial charge in [0.15, 0.2) is 0 Å². The summed E-state index contributed by atoms with van der Waals surface area (Å²) < 4.78 is 5.25. The van der Waals surface area contributed by atoms with Crippen molar-refractivity contribution < 1.29 is 14.3 Å². The van der Waals surface area contributed by atoms with Gasteiger partial charge in [0.1, 0.15) is 11.3 Å². The van der Waals surface area contributed by atoms with Crippen molar-refractivity contribution >= 4 is 45.8 Å². The van der Waals surface area contributed by atoms with Gasteiger partial charge in [-0.05, 0) is 49.2 Å². The van der Waals surface area contributed by atoms with Crippen LogP contribution in [-0.2, 0) is 11.2 Å². The van der Waals surface area contributed by atoms with Gasteiger partial charge in [-0.25, -0.2) is 4.79 Å². The Balaban J connectivity index is 1.78. The lowest BCUT2D eigenvalue weighted by Gasteiger charge is -2.09. The molecule has 0 fully saturated rings.